The summed E-state index contributed by atoms with van der Waals surface area (Å²) in [6.45, 7) is 4.26. The Bertz CT molecular complexity index is 649. The van der Waals surface area contributed by atoms with Crippen LogP contribution >= 0.6 is 0 Å². The molecule has 3 rings (SSSR count). The maximum atomic E-state index is 12.9. The third-order valence-electron chi connectivity index (χ3n) is 5.58. The van der Waals surface area contributed by atoms with E-state index in [1.54, 1.807) is 26.4 Å². The second kappa shape index (κ2) is 7.98. The molecule has 26 heavy (non-hydrogen) atoms. The van der Waals surface area contributed by atoms with Crippen molar-refractivity contribution in [3.8, 4) is 11.5 Å². The SMILES string of the molecule is COc1cc(C(=O)N2CCN(C(=O)C3CCCC3)CC2)cc(OC)c1C. The molecule has 1 aromatic rings. The van der Waals surface area contributed by atoms with Crippen LogP contribution in [0.4, 0.5) is 0 Å². The first kappa shape index (κ1) is 18.5. The number of hydrogen-bond donors (Lipinski definition) is 0. The number of rotatable bonds is 4. The van der Waals surface area contributed by atoms with Crippen molar-refractivity contribution in [3.05, 3.63) is 23.3 Å². The number of ether oxygens (including phenoxy) is 2. The van der Waals surface area contributed by atoms with E-state index in [0.29, 0.717) is 43.2 Å². The molecule has 0 N–H and O–H groups in total. The Morgan fingerprint density at radius 3 is 1.92 bits per heavy atom. The molecule has 1 aliphatic heterocycles. The number of carbonyl (C=O) groups excluding carboxylic acids is 2. The minimum absolute atomic E-state index is 0.0467. The molecule has 1 saturated heterocycles. The zero-order chi connectivity index (χ0) is 18.7. The largest absolute Gasteiger partial charge is 0.496 e. The van der Waals surface area contributed by atoms with Crippen molar-refractivity contribution in [2.45, 2.75) is 32.6 Å². The molecule has 142 valence electrons. The van der Waals surface area contributed by atoms with Gasteiger partial charge in [-0.1, -0.05) is 12.8 Å². The normalized spacial score (nSPS) is 18.1. The lowest BCUT2D eigenvalue weighted by molar-refractivity contribution is -0.136. The van der Waals surface area contributed by atoms with E-state index in [1.807, 2.05) is 16.7 Å². The summed E-state index contributed by atoms with van der Waals surface area (Å²) < 4.78 is 10.7. The molecule has 0 radical (unpaired) electrons. The number of carbonyl (C=O) groups is 2. The molecule has 2 aliphatic rings. The molecule has 0 aromatic heterocycles. The van der Waals surface area contributed by atoms with E-state index in [4.69, 9.17) is 9.47 Å². The highest BCUT2D eigenvalue weighted by Crippen LogP contribution is 2.30. The molecule has 0 atom stereocenters. The van der Waals surface area contributed by atoms with E-state index < -0.39 is 0 Å². The van der Waals surface area contributed by atoms with Crippen LogP contribution in [-0.4, -0.2) is 62.0 Å². The van der Waals surface area contributed by atoms with Crippen molar-refractivity contribution in [3.63, 3.8) is 0 Å². The fraction of sp³-hybridized carbons (Fsp3) is 0.600. The van der Waals surface area contributed by atoms with Crippen LogP contribution in [0.5, 0.6) is 11.5 Å². The van der Waals surface area contributed by atoms with Crippen molar-refractivity contribution >= 4 is 11.8 Å². The van der Waals surface area contributed by atoms with Gasteiger partial charge in [-0.2, -0.15) is 0 Å². The van der Waals surface area contributed by atoms with Gasteiger partial charge in [0.1, 0.15) is 11.5 Å². The van der Waals surface area contributed by atoms with Gasteiger partial charge in [0.2, 0.25) is 5.91 Å². The lowest BCUT2D eigenvalue weighted by Crippen LogP contribution is -2.51. The molecule has 0 unspecified atom stereocenters. The van der Waals surface area contributed by atoms with Crippen molar-refractivity contribution in [2.24, 2.45) is 5.92 Å². The summed E-state index contributed by atoms with van der Waals surface area (Å²) in [5, 5.41) is 0. The third-order valence-corrected chi connectivity index (χ3v) is 5.58. The van der Waals surface area contributed by atoms with E-state index in [9.17, 15) is 9.59 Å². The first-order chi connectivity index (χ1) is 12.5. The van der Waals surface area contributed by atoms with E-state index in [0.717, 1.165) is 31.2 Å². The summed E-state index contributed by atoms with van der Waals surface area (Å²) in [6.07, 6.45) is 4.35. The highest BCUT2D eigenvalue weighted by atomic mass is 16.5. The molecule has 0 spiro atoms. The average Bonchev–Trinajstić information content (AvgIpc) is 3.22. The molecule has 0 bridgehead atoms. The first-order valence-electron chi connectivity index (χ1n) is 9.35. The highest BCUT2D eigenvalue weighted by molar-refractivity contribution is 5.95. The third kappa shape index (κ3) is 3.64. The van der Waals surface area contributed by atoms with Gasteiger partial charge >= 0.3 is 0 Å². The summed E-state index contributed by atoms with van der Waals surface area (Å²) in [6, 6.07) is 3.52. The molecule has 6 nitrogen and oxygen atoms in total. The zero-order valence-electron chi connectivity index (χ0n) is 15.9. The topological polar surface area (TPSA) is 59.1 Å². The highest BCUT2D eigenvalue weighted by Gasteiger charge is 2.31. The molecular weight excluding hydrogens is 332 g/mol. The summed E-state index contributed by atoms with van der Waals surface area (Å²) >= 11 is 0. The summed E-state index contributed by atoms with van der Waals surface area (Å²) in [5.74, 6) is 1.70. The van der Waals surface area contributed by atoms with E-state index in [2.05, 4.69) is 0 Å². The molecule has 1 aromatic carbocycles. The van der Waals surface area contributed by atoms with Crippen molar-refractivity contribution < 1.29 is 19.1 Å². The quantitative estimate of drug-likeness (QED) is 0.828. The van der Waals surface area contributed by atoms with E-state index in [-0.39, 0.29) is 17.7 Å². The van der Waals surface area contributed by atoms with Gasteiger partial charge in [-0.25, -0.2) is 0 Å². The van der Waals surface area contributed by atoms with Crippen LogP contribution in [-0.2, 0) is 4.79 Å². The van der Waals surface area contributed by atoms with Crippen LogP contribution in [0.15, 0.2) is 12.1 Å². The second-order valence-electron chi connectivity index (χ2n) is 7.10. The Kier molecular flexibility index (Phi) is 5.69. The van der Waals surface area contributed by atoms with Crippen LogP contribution in [0, 0.1) is 12.8 Å². The maximum Gasteiger partial charge on any atom is 0.254 e. The average molecular weight is 360 g/mol. The van der Waals surface area contributed by atoms with Gasteiger partial charge in [-0.3, -0.25) is 9.59 Å². The Morgan fingerprint density at radius 2 is 1.42 bits per heavy atom. The second-order valence-corrected chi connectivity index (χ2v) is 7.10. The Hall–Kier alpha value is -2.24. The minimum Gasteiger partial charge on any atom is -0.496 e. The Balaban J connectivity index is 1.66. The smallest absolute Gasteiger partial charge is 0.254 e. The summed E-state index contributed by atoms with van der Waals surface area (Å²) in [7, 11) is 3.17. The standard InChI is InChI=1S/C20H28N2O4/c1-14-17(25-2)12-16(13-18(14)26-3)20(24)22-10-8-21(9-11-22)19(23)15-6-4-5-7-15/h12-13,15H,4-11H2,1-3H3. The molecular formula is C20H28N2O4. The first-order valence-corrected chi connectivity index (χ1v) is 9.35. The van der Waals surface area contributed by atoms with Crippen LogP contribution in [0.1, 0.15) is 41.6 Å². The number of piperazine rings is 1. The fourth-order valence-electron chi connectivity index (χ4n) is 3.95. The monoisotopic (exact) mass is 360 g/mol. The van der Waals surface area contributed by atoms with Gasteiger partial charge < -0.3 is 19.3 Å². The van der Waals surface area contributed by atoms with Crippen LogP contribution < -0.4 is 9.47 Å². The van der Waals surface area contributed by atoms with Gasteiger partial charge in [0.15, 0.2) is 0 Å². The predicted octanol–water partition coefficient (Wildman–Crippen LogP) is 2.49. The van der Waals surface area contributed by atoms with Gasteiger partial charge in [0, 0.05) is 43.2 Å². The van der Waals surface area contributed by atoms with Gasteiger partial charge in [-0.15, -0.1) is 0 Å². The molecule has 1 aliphatic carbocycles. The van der Waals surface area contributed by atoms with Gasteiger partial charge in [0.25, 0.3) is 5.91 Å². The molecule has 6 heteroatoms. The number of amides is 2. The molecule has 2 amide bonds. The minimum atomic E-state index is -0.0467. The predicted molar refractivity (Wildman–Crippen MR) is 98.7 cm³/mol. The Morgan fingerprint density at radius 1 is 0.923 bits per heavy atom. The maximum absolute atomic E-state index is 12.9. The van der Waals surface area contributed by atoms with Gasteiger partial charge in [-0.05, 0) is 31.9 Å². The van der Waals surface area contributed by atoms with Crippen LogP contribution in [0.25, 0.3) is 0 Å². The Labute approximate surface area is 155 Å². The van der Waals surface area contributed by atoms with Crippen molar-refractivity contribution in [1.29, 1.82) is 0 Å². The lowest BCUT2D eigenvalue weighted by Gasteiger charge is -2.36. The number of hydrogen-bond acceptors (Lipinski definition) is 4. The lowest BCUT2D eigenvalue weighted by atomic mass is 10.1. The van der Waals surface area contributed by atoms with Crippen LogP contribution in [0.3, 0.4) is 0 Å². The fourth-order valence-corrected chi connectivity index (χ4v) is 3.95. The number of nitrogens with zero attached hydrogens (tertiary/aromatic N) is 2. The summed E-state index contributed by atoms with van der Waals surface area (Å²) in [4.78, 5) is 29.2. The molecule has 1 heterocycles. The van der Waals surface area contributed by atoms with Crippen molar-refractivity contribution in [2.75, 3.05) is 40.4 Å². The number of methoxy groups -OCH3 is 2. The number of benzene rings is 1. The van der Waals surface area contributed by atoms with Crippen molar-refractivity contribution in [1.82, 2.24) is 9.80 Å². The van der Waals surface area contributed by atoms with Crippen LogP contribution in [0.2, 0.25) is 0 Å². The molecule has 1 saturated carbocycles. The molecule has 2 fully saturated rings. The van der Waals surface area contributed by atoms with E-state index >= 15 is 0 Å². The zero-order valence-corrected chi connectivity index (χ0v) is 15.9. The van der Waals surface area contributed by atoms with Gasteiger partial charge in [0.05, 0.1) is 14.2 Å². The van der Waals surface area contributed by atoms with E-state index in [1.165, 1.54) is 0 Å². The summed E-state index contributed by atoms with van der Waals surface area (Å²) in [5.41, 5.74) is 1.43.